The van der Waals surface area contributed by atoms with Crippen LogP contribution in [0.25, 0.3) is 0 Å². The summed E-state index contributed by atoms with van der Waals surface area (Å²) in [5.74, 6) is -0.732. The van der Waals surface area contributed by atoms with Gasteiger partial charge in [-0.3, -0.25) is 9.48 Å². The van der Waals surface area contributed by atoms with Crippen molar-refractivity contribution < 1.29 is 14.7 Å². The van der Waals surface area contributed by atoms with Crippen LogP contribution >= 0.6 is 0 Å². The van der Waals surface area contributed by atoms with Gasteiger partial charge in [0.1, 0.15) is 6.04 Å². The quantitative estimate of drug-likeness (QED) is 0.897. The molecule has 114 valence electrons. The Hall–Kier alpha value is -1.85. The zero-order chi connectivity index (χ0) is 15.0. The number of fused-ring (bicyclic) bond motifs is 1. The molecule has 1 aromatic heterocycles. The second kappa shape index (κ2) is 5.50. The van der Waals surface area contributed by atoms with Gasteiger partial charge in [-0.15, -0.1) is 0 Å². The van der Waals surface area contributed by atoms with Crippen molar-refractivity contribution in [2.45, 2.75) is 51.6 Å². The zero-order valence-electron chi connectivity index (χ0n) is 12.3. The van der Waals surface area contributed by atoms with E-state index < -0.39 is 12.0 Å². The average Bonchev–Trinajstić information content (AvgIpc) is 2.90. The van der Waals surface area contributed by atoms with E-state index in [9.17, 15) is 14.7 Å². The van der Waals surface area contributed by atoms with E-state index in [-0.39, 0.29) is 5.91 Å². The molecule has 1 amide bonds. The minimum absolute atomic E-state index is 0.169. The van der Waals surface area contributed by atoms with Gasteiger partial charge in [-0.05, 0) is 38.0 Å². The molecule has 2 unspecified atom stereocenters. The van der Waals surface area contributed by atoms with E-state index in [0.717, 1.165) is 37.9 Å². The first-order valence-corrected chi connectivity index (χ1v) is 7.66. The van der Waals surface area contributed by atoms with Crippen LogP contribution in [-0.4, -0.2) is 44.3 Å². The van der Waals surface area contributed by atoms with Crippen LogP contribution in [0.5, 0.6) is 0 Å². The second-order valence-corrected chi connectivity index (χ2v) is 6.17. The van der Waals surface area contributed by atoms with Crippen molar-refractivity contribution in [2.75, 3.05) is 6.54 Å². The van der Waals surface area contributed by atoms with Gasteiger partial charge in [0.2, 0.25) is 0 Å². The predicted octanol–water partition coefficient (Wildman–Crippen LogP) is 1.54. The molecule has 0 aromatic carbocycles. The number of nitrogens with zero attached hydrogens (tertiary/aromatic N) is 3. The number of aromatic nitrogens is 2. The van der Waals surface area contributed by atoms with Crippen LogP contribution in [0.4, 0.5) is 0 Å². The summed E-state index contributed by atoms with van der Waals surface area (Å²) >= 11 is 0. The summed E-state index contributed by atoms with van der Waals surface area (Å²) < 4.78 is 1.89. The van der Waals surface area contributed by atoms with Gasteiger partial charge < -0.3 is 10.0 Å². The van der Waals surface area contributed by atoms with Crippen LogP contribution in [0.3, 0.4) is 0 Å². The van der Waals surface area contributed by atoms with Crippen LogP contribution in [0.15, 0.2) is 6.20 Å². The molecule has 1 aromatic rings. The highest BCUT2D eigenvalue weighted by Crippen LogP contribution is 2.26. The van der Waals surface area contributed by atoms with Crippen molar-refractivity contribution in [3.05, 3.63) is 17.5 Å². The third kappa shape index (κ3) is 2.54. The zero-order valence-corrected chi connectivity index (χ0v) is 12.3. The average molecular weight is 291 g/mol. The van der Waals surface area contributed by atoms with Crippen LogP contribution in [0.2, 0.25) is 0 Å². The summed E-state index contributed by atoms with van der Waals surface area (Å²) in [6, 6.07) is -0.708. The smallest absolute Gasteiger partial charge is 0.326 e. The second-order valence-electron chi connectivity index (χ2n) is 6.17. The van der Waals surface area contributed by atoms with Crippen LogP contribution in [-0.2, 0) is 17.8 Å². The first kappa shape index (κ1) is 14.1. The predicted molar refractivity (Wildman–Crippen MR) is 76.0 cm³/mol. The van der Waals surface area contributed by atoms with Gasteiger partial charge in [-0.25, -0.2) is 4.79 Å². The molecule has 6 nitrogen and oxygen atoms in total. The van der Waals surface area contributed by atoms with Gasteiger partial charge in [-0.2, -0.15) is 5.10 Å². The summed E-state index contributed by atoms with van der Waals surface area (Å²) in [6.45, 7) is 3.41. The summed E-state index contributed by atoms with van der Waals surface area (Å²) in [5, 5.41) is 13.7. The molecule has 0 bridgehead atoms. The van der Waals surface area contributed by atoms with Crippen LogP contribution in [0.1, 0.15) is 48.7 Å². The monoisotopic (exact) mass is 291 g/mol. The van der Waals surface area contributed by atoms with Crippen molar-refractivity contribution in [1.82, 2.24) is 14.7 Å². The maximum absolute atomic E-state index is 12.8. The Balaban J connectivity index is 1.87. The van der Waals surface area contributed by atoms with Crippen molar-refractivity contribution in [3.63, 3.8) is 0 Å². The first-order valence-electron chi connectivity index (χ1n) is 7.66. The number of rotatable bonds is 2. The molecule has 21 heavy (non-hydrogen) atoms. The molecular formula is C15H21N3O3. The van der Waals surface area contributed by atoms with E-state index in [1.54, 1.807) is 6.20 Å². The van der Waals surface area contributed by atoms with Crippen LogP contribution in [0, 0.1) is 5.92 Å². The topological polar surface area (TPSA) is 75.4 Å². The third-order valence-corrected chi connectivity index (χ3v) is 4.62. The Labute approximate surface area is 123 Å². The van der Waals surface area contributed by atoms with E-state index >= 15 is 0 Å². The Bertz CT molecular complexity index is 567. The van der Waals surface area contributed by atoms with Crippen molar-refractivity contribution in [2.24, 2.45) is 5.92 Å². The summed E-state index contributed by atoms with van der Waals surface area (Å²) in [5.41, 5.74) is 1.56. The molecule has 3 rings (SSSR count). The number of piperidine rings is 1. The fraction of sp³-hybridized carbons (Fsp3) is 0.667. The Kier molecular flexibility index (Phi) is 3.69. The number of carboxylic acid groups (broad SMARTS) is 1. The van der Waals surface area contributed by atoms with Gasteiger partial charge in [0.15, 0.2) is 0 Å². The summed E-state index contributed by atoms with van der Waals surface area (Å²) in [6.07, 6.45) is 6.00. The van der Waals surface area contributed by atoms with E-state index in [4.69, 9.17) is 0 Å². The van der Waals surface area contributed by atoms with Crippen molar-refractivity contribution >= 4 is 11.9 Å². The van der Waals surface area contributed by atoms with Crippen LogP contribution < -0.4 is 0 Å². The van der Waals surface area contributed by atoms with Crippen molar-refractivity contribution in [3.8, 4) is 0 Å². The number of carboxylic acids is 1. The van der Waals surface area contributed by atoms with E-state index in [1.165, 1.54) is 4.90 Å². The molecule has 2 aliphatic rings. The molecule has 0 aliphatic carbocycles. The lowest BCUT2D eigenvalue weighted by atomic mass is 9.91. The SMILES string of the molecule is CC1CCN(C(=O)c2cnn3c2CCCC3)C(C(=O)O)C1. The number of carbonyl (C=O) groups is 2. The molecule has 2 atom stereocenters. The lowest BCUT2D eigenvalue weighted by Crippen LogP contribution is -2.50. The summed E-state index contributed by atoms with van der Waals surface area (Å²) in [4.78, 5) is 25.7. The van der Waals surface area contributed by atoms with E-state index in [1.807, 2.05) is 11.6 Å². The third-order valence-electron chi connectivity index (χ3n) is 4.62. The standard InChI is InChI=1S/C15H21N3O3/c1-10-5-7-17(13(8-10)15(20)21)14(19)11-9-16-18-6-3-2-4-12(11)18/h9-10,13H,2-8H2,1H3,(H,20,21). The molecule has 6 heteroatoms. The molecule has 0 saturated carbocycles. The Morgan fingerprint density at radius 2 is 2.14 bits per heavy atom. The highest BCUT2D eigenvalue weighted by atomic mass is 16.4. The highest BCUT2D eigenvalue weighted by molar-refractivity contribution is 5.97. The number of carbonyl (C=O) groups excluding carboxylic acids is 1. The molecular weight excluding hydrogens is 270 g/mol. The lowest BCUT2D eigenvalue weighted by molar-refractivity contribution is -0.144. The minimum atomic E-state index is -0.907. The van der Waals surface area contributed by atoms with Crippen molar-refractivity contribution in [1.29, 1.82) is 0 Å². The van der Waals surface area contributed by atoms with Gasteiger partial charge in [0.05, 0.1) is 17.5 Å². The molecule has 1 saturated heterocycles. The largest absolute Gasteiger partial charge is 0.480 e. The summed E-state index contributed by atoms with van der Waals surface area (Å²) in [7, 11) is 0. The molecule has 2 aliphatic heterocycles. The molecule has 3 heterocycles. The van der Waals surface area contributed by atoms with E-state index in [2.05, 4.69) is 5.10 Å². The molecule has 0 radical (unpaired) electrons. The van der Waals surface area contributed by atoms with Gasteiger partial charge in [0.25, 0.3) is 5.91 Å². The maximum atomic E-state index is 12.8. The van der Waals surface area contributed by atoms with E-state index in [0.29, 0.717) is 24.4 Å². The fourth-order valence-corrected chi connectivity index (χ4v) is 3.37. The normalized spacial score (nSPS) is 25.5. The maximum Gasteiger partial charge on any atom is 0.326 e. The number of hydrogen-bond donors (Lipinski definition) is 1. The van der Waals surface area contributed by atoms with Gasteiger partial charge >= 0.3 is 5.97 Å². The van der Waals surface area contributed by atoms with Gasteiger partial charge in [-0.1, -0.05) is 6.92 Å². The number of aryl methyl sites for hydroxylation is 1. The van der Waals surface area contributed by atoms with Gasteiger partial charge in [0, 0.05) is 13.1 Å². The Morgan fingerprint density at radius 1 is 1.33 bits per heavy atom. The first-order chi connectivity index (χ1) is 10.1. The molecule has 1 N–H and O–H groups in total. The minimum Gasteiger partial charge on any atom is -0.480 e. The number of hydrogen-bond acceptors (Lipinski definition) is 3. The number of aliphatic carboxylic acids is 1. The molecule has 1 fully saturated rings. The number of likely N-dealkylation sites (tertiary alicyclic amines) is 1. The Morgan fingerprint density at radius 3 is 2.90 bits per heavy atom. The lowest BCUT2D eigenvalue weighted by Gasteiger charge is -2.36. The molecule has 0 spiro atoms. The number of amides is 1. The highest BCUT2D eigenvalue weighted by Gasteiger charge is 2.36. The fourth-order valence-electron chi connectivity index (χ4n) is 3.37.